The van der Waals surface area contributed by atoms with Crippen molar-refractivity contribution in [1.29, 1.82) is 0 Å². The molecule has 31 heavy (non-hydrogen) atoms. The Kier molecular flexibility index (Phi) is 7.38. The zero-order valence-electron chi connectivity index (χ0n) is 17.9. The molecule has 2 aromatic carbocycles. The van der Waals surface area contributed by atoms with Gasteiger partial charge >= 0.3 is 0 Å². The molecule has 1 fully saturated rings. The highest BCUT2D eigenvalue weighted by Gasteiger charge is 2.17. The Morgan fingerprint density at radius 3 is 2.48 bits per heavy atom. The Bertz CT molecular complexity index is 983. The molecule has 4 rings (SSSR count). The third-order valence-electron chi connectivity index (χ3n) is 5.34. The number of ether oxygens (including phenoxy) is 1. The highest BCUT2D eigenvalue weighted by Crippen LogP contribution is 2.28. The summed E-state index contributed by atoms with van der Waals surface area (Å²) in [6.45, 7) is 4.82. The predicted octanol–water partition coefficient (Wildman–Crippen LogP) is 4.36. The van der Waals surface area contributed by atoms with Crippen molar-refractivity contribution in [3.8, 4) is 17.1 Å². The zero-order chi connectivity index (χ0) is 21.5. The molecule has 0 N–H and O–H groups in total. The van der Waals surface area contributed by atoms with Gasteiger partial charge in [0, 0.05) is 36.5 Å². The molecule has 3 aromatic rings. The molecular formula is C24H28N4O2S. The summed E-state index contributed by atoms with van der Waals surface area (Å²) in [5.41, 5.74) is 3.31. The van der Waals surface area contributed by atoms with Crippen LogP contribution in [0.15, 0.2) is 59.8 Å². The molecule has 6 nitrogen and oxygen atoms in total. The van der Waals surface area contributed by atoms with Crippen LogP contribution in [-0.2, 0) is 9.53 Å². The lowest BCUT2D eigenvalue weighted by molar-refractivity contribution is -0.135. The SMILES string of the molecule is Cc1ccc(-c2nnc(SCCCCC(=O)N3CCOCC3)n2-c2ccccc2)cc1. The molecular weight excluding hydrogens is 408 g/mol. The molecule has 0 atom stereocenters. The van der Waals surface area contributed by atoms with Crippen LogP contribution in [0.4, 0.5) is 0 Å². The normalized spacial score (nSPS) is 14.0. The average molecular weight is 437 g/mol. The fraction of sp³-hybridized carbons (Fsp3) is 0.375. The van der Waals surface area contributed by atoms with Gasteiger partial charge in [0.05, 0.1) is 13.2 Å². The maximum Gasteiger partial charge on any atom is 0.222 e. The standard InChI is InChI=1S/C24H28N4O2S/c1-19-10-12-20(13-11-19)23-25-26-24(28(23)21-7-3-2-4-8-21)31-18-6-5-9-22(29)27-14-16-30-17-15-27/h2-4,7-8,10-13H,5-6,9,14-18H2,1H3. The van der Waals surface area contributed by atoms with Gasteiger partial charge < -0.3 is 9.64 Å². The summed E-state index contributed by atoms with van der Waals surface area (Å²) in [5, 5.41) is 9.86. The molecule has 1 aromatic heterocycles. The molecule has 2 heterocycles. The van der Waals surface area contributed by atoms with Crippen molar-refractivity contribution in [2.75, 3.05) is 32.1 Å². The van der Waals surface area contributed by atoms with E-state index in [0.717, 1.165) is 53.9 Å². The Morgan fingerprint density at radius 2 is 1.74 bits per heavy atom. The van der Waals surface area contributed by atoms with Crippen LogP contribution in [-0.4, -0.2) is 57.6 Å². The van der Waals surface area contributed by atoms with Gasteiger partial charge in [-0.25, -0.2) is 0 Å². The van der Waals surface area contributed by atoms with Gasteiger partial charge in [-0.1, -0.05) is 59.8 Å². The number of aromatic nitrogens is 3. The number of para-hydroxylation sites is 1. The summed E-state index contributed by atoms with van der Waals surface area (Å²) in [6.07, 6.45) is 2.44. The third kappa shape index (κ3) is 5.54. The molecule has 0 bridgehead atoms. The molecule has 1 saturated heterocycles. The third-order valence-corrected chi connectivity index (χ3v) is 6.35. The summed E-state index contributed by atoms with van der Waals surface area (Å²) in [7, 11) is 0. The van der Waals surface area contributed by atoms with Gasteiger partial charge in [-0.15, -0.1) is 10.2 Å². The van der Waals surface area contributed by atoms with Gasteiger partial charge in [-0.3, -0.25) is 9.36 Å². The fourth-order valence-electron chi connectivity index (χ4n) is 3.58. The molecule has 0 radical (unpaired) electrons. The predicted molar refractivity (Wildman–Crippen MR) is 124 cm³/mol. The molecule has 162 valence electrons. The first kappa shape index (κ1) is 21.6. The van der Waals surface area contributed by atoms with Crippen LogP contribution in [0.1, 0.15) is 24.8 Å². The van der Waals surface area contributed by atoms with E-state index in [1.54, 1.807) is 11.8 Å². The van der Waals surface area contributed by atoms with Gasteiger partial charge in [0.1, 0.15) is 0 Å². The monoisotopic (exact) mass is 436 g/mol. The number of amides is 1. The smallest absolute Gasteiger partial charge is 0.222 e. The summed E-state index contributed by atoms with van der Waals surface area (Å²) in [6, 6.07) is 18.6. The second kappa shape index (κ2) is 10.6. The second-order valence-electron chi connectivity index (χ2n) is 7.64. The number of benzene rings is 2. The Labute approximate surface area is 187 Å². The van der Waals surface area contributed by atoms with Crippen molar-refractivity contribution in [1.82, 2.24) is 19.7 Å². The average Bonchev–Trinajstić information content (AvgIpc) is 3.24. The van der Waals surface area contributed by atoms with Crippen LogP contribution in [0.5, 0.6) is 0 Å². The van der Waals surface area contributed by atoms with Crippen molar-refractivity contribution in [3.05, 3.63) is 60.2 Å². The topological polar surface area (TPSA) is 60.3 Å². The zero-order valence-corrected chi connectivity index (χ0v) is 18.7. The van der Waals surface area contributed by atoms with Gasteiger partial charge in [-0.05, 0) is 31.9 Å². The van der Waals surface area contributed by atoms with Crippen molar-refractivity contribution < 1.29 is 9.53 Å². The van der Waals surface area contributed by atoms with Crippen LogP contribution in [0.2, 0.25) is 0 Å². The van der Waals surface area contributed by atoms with Crippen molar-refractivity contribution in [2.45, 2.75) is 31.3 Å². The number of aryl methyl sites for hydroxylation is 1. The largest absolute Gasteiger partial charge is 0.378 e. The Balaban J connectivity index is 1.40. The highest BCUT2D eigenvalue weighted by molar-refractivity contribution is 7.99. The quantitative estimate of drug-likeness (QED) is 0.388. The van der Waals surface area contributed by atoms with E-state index in [9.17, 15) is 4.79 Å². The van der Waals surface area contributed by atoms with Gasteiger partial charge in [0.25, 0.3) is 0 Å². The lowest BCUT2D eigenvalue weighted by Gasteiger charge is -2.26. The number of thioether (sulfide) groups is 1. The molecule has 7 heteroatoms. The number of morpholine rings is 1. The van der Waals surface area contributed by atoms with Crippen LogP contribution >= 0.6 is 11.8 Å². The van der Waals surface area contributed by atoms with Crippen LogP contribution < -0.4 is 0 Å². The lowest BCUT2D eigenvalue weighted by atomic mass is 10.1. The van der Waals surface area contributed by atoms with Crippen molar-refractivity contribution in [2.24, 2.45) is 0 Å². The van der Waals surface area contributed by atoms with E-state index in [2.05, 4.69) is 58.1 Å². The van der Waals surface area contributed by atoms with E-state index < -0.39 is 0 Å². The summed E-state index contributed by atoms with van der Waals surface area (Å²) in [5.74, 6) is 1.98. The van der Waals surface area contributed by atoms with E-state index >= 15 is 0 Å². The minimum absolute atomic E-state index is 0.238. The number of carbonyl (C=O) groups is 1. The number of rotatable bonds is 8. The fourth-order valence-corrected chi connectivity index (χ4v) is 4.53. The second-order valence-corrected chi connectivity index (χ2v) is 8.70. The van der Waals surface area contributed by atoms with Crippen LogP contribution in [0, 0.1) is 6.92 Å². The van der Waals surface area contributed by atoms with E-state index in [1.165, 1.54) is 5.56 Å². The van der Waals surface area contributed by atoms with E-state index in [1.807, 2.05) is 23.1 Å². The number of hydrogen-bond donors (Lipinski definition) is 0. The molecule has 0 saturated carbocycles. The van der Waals surface area contributed by atoms with Crippen molar-refractivity contribution in [3.63, 3.8) is 0 Å². The lowest BCUT2D eigenvalue weighted by Crippen LogP contribution is -2.40. The minimum atomic E-state index is 0.238. The molecule has 1 aliphatic heterocycles. The molecule has 0 spiro atoms. The van der Waals surface area contributed by atoms with Gasteiger partial charge in [0.15, 0.2) is 11.0 Å². The maximum absolute atomic E-state index is 12.3. The van der Waals surface area contributed by atoms with Crippen LogP contribution in [0.25, 0.3) is 17.1 Å². The van der Waals surface area contributed by atoms with Gasteiger partial charge in [0.2, 0.25) is 5.91 Å². The number of carbonyl (C=O) groups excluding carboxylic acids is 1. The van der Waals surface area contributed by atoms with Gasteiger partial charge in [-0.2, -0.15) is 0 Å². The first-order valence-corrected chi connectivity index (χ1v) is 11.8. The van der Waals surface area contributed by atoms with E-state index in [0.29, 0.717) is 19.6 Å². The number of nitrogens with zero attached hydrogens (tertiary/aromatic N) is 4. The summed E-state index contributed by atoms with van der Waals surface area (Å²) in [4.78, 5) is 14.2. The first-order valence-electron chi connectivity index (χ1n) is 10.8. The Morgan fingerprint density at radius 1 is 1.00 bits per heavy atom. The number of unbranched alkanes of at least 4 members (excludes halogenated alkanes) is 1. The Hall–Kier alpha value is -2.64. The number of hydrogen-bond acceptors (Lipinski definition) is 5. The summed E-state index contributed by atoms with van der Waals surface area (Å²) < 4.78 is 7.44. The molecule has 1 aliphatic rings. The first-order chi connectivity index (χ1) is 15.2. The maximum atomic E-state index is 12.3. The summed E-state index contributed by atoms with van der Waals surface area (Å²) >= 11 is 1.69. The van der Waals surface area contributed by atoms with Crippen LogP contribution in [0.3, 0.4) is 0 Å². The highest BCUT2D eigenvalue weighted by atomic mass is 32.2. The molecule has 0 unspecified atom stereocenters. The molecule has 1 amide bonds. The van der Waals surface area contributed by atoms with E-state index in [-0.39, 0.29) is 5.91 Å². The van der Waals surface area contributed by atoms with E-state index in [4.69, 9.17) is 4.74 Å². The molecule has 0 aliphatic carbocycles. The van der Waals surface area contributed by atoms with Crippen molar-refractivity contribution >= 4 is 17.7 Å². The minimum Gasteiger partial charge on any atom is -0.378 e.